The normalized spacial score (nSPS) is 10.9. The highest BCUT2D eigenvalue weighted by atomic mass is 79.9. The van der Waals surface area contributed by atoms with Crippen molar-refractivity contribution in [3.8, 4) is 0 Å². The Bertz CT molecular complexity index is 3390. The number of nitrogens with zero attached hydrogens (tertiary/aromatic N) is 7. The molecule has 0 spiro atoms. The second kappa shape index (κ2) is 21.0. The number of ether oxygens (including phenoxy) is 2. The number of nitrogens with one attached hydrogen (secondary N) is 3. The molecule has 7 N–H and O–H groups in total. The number of hydrogen-bond donors (Lipinski definition) is 5. The van der Waals surface area contributed by atoms with Gasteiger partial charge in [0.25, 0.3) is 11.6 Å². The average molecular weight is 1070 g/mol. The first-order valence-electron chi connectivity index (χ1n) is 20.7. The van der Waals surface area contributed by atoms with Crippen molar-refractivity contribution in [2.24, 2.45) is 0 Å². The summed E-state index contributed by atoms with van der Waals surface area (Å²) in [5.74, 6) is -0.942. The van der Waals surface area contributed by atoms with Crippen molar-refractivity contribution in [1.82, 2.24) is 45.5 Å². The first kappa shape index (κ1) is 48.4. The summed E-state index contributed by atoms with van der Waals surface area (Å²) in [4.78, 5) is 55.5. The number of hydrogen-bond acceptors (Lipinski definition) is 14. The predicted octanol–water partition coefficient (Wildman–Crippen LogP) is 9.30. The summed E-state index contributed by atoms with van der Waals surface area (Å²) in [5, 5.41) is 34.8. The molecule has 4 aromatic carbocycles. The van der Waals surface area contributed by atoms with Crippen LogP contribution in [0.5, 0.6) is 0 Å². The number of aryl methyl sites for hydroxylation is 2. The van der Waals surface area contributed by atoms with Gasteiger partial charge in [-0.1, -0.05) is 39.7 Å². The Kier molecular flexibility index (Phi) is 15.0. The van der Waals surface area contributed by atoms with Gasteiger partial charge < -0.3 is 26.3 Å². The van der Waals surface area contributed by atoms with Crippen molar-refractivity contribution in [3.63, 3.8) is 0 Å². The van der Waals surface area contributed by atoms with Crippen LogP contribution in [0, 0.1) is 24.0 Å². The summed E-state index contributed by atoms with van der Waals surface area (Å²) in [6.45, 7) is 8.52. The molecular weight excluding hydrogens is 1030 g/mol. The van der Waals surface area contributed by atoms with Crippen molar-refractivity contribution in [2.75, 3.05) is 24.7 Å². The quantitative estimate of drug-likeness (QED) is 0.0369. The fraction of sp³-hybridized carbons (Fsp3) is 0.174. The van der Waals surface area contributed by atoms with Crippen LogP contribution in [0.3, 0.4) is 0 Å². The van der Waals surface area contributed by atoms with Gasteiger partial charge in [-0.05, 0) is 127 Å². The molecule has 0 fully saturated rings. The topological polar surface area (TPSA) is 278 Å². The second-order valence-corrected chi connectivity index (χ2v) is 17.1. The van der Waals surface area contributed by atoms with E-state index in [-0.39, 0.29) is 39.4 Å². The Morgan fingerprint density at radius 2 is 1.57 bits per heavy atom. The van der Waals surface area contributed by atoms with Gasteiger partial charge in [-0.25, -0.2) is 14.6 Å². The van der Waals surface area contributed by atoms with Gasteiger partial charge in [-0.3, -0.25) is 34.8 Å². The summed E-state index contributed by atoms with van der Waals surface area (Å²) < 4.78 is 12.7. The van der Waals surface area contributed by atoms with Crippen LogP contribution in [0.15, 0.2) is 94.0 Å². The number of halogens is 3. The molecule has 0 aliphatic rings. The number of anilines is 2. The van der Waals surface area contributed by atoms with E-state index in [2.05, 4.69) is 72.6 Å². The van der Waals surface area contributed by atoms with E-state index in [9.17, 15) is 24.5 Å². The van der Waals surface area contributed by atoms with Crippen molar-refractivity contribution >= 4 is 122 Å². The number of nitrogens with two attached hydrogens (primary N) is 2. The predicted molar refractivity (Wildman–Crippen MR) is 265 cm³/mol. The molecule has 68 heavy (non-hydrogen) atoms. The Balaban J connectivity index is 0.000000172. The molecule has 1 amide bonds. The second-order valence-electron chi connectivity index (χ2n) is 14.9. The first-order valence-corrected chi connectivity index (χ1v) is 22.6. The summed E-state index contributed by atoms with van der Waals surface area (Å²) in [6.07, 6.45) is 1.63. The number of fused-ring (bicyclic) bond motifs is 4. The standard InChI is InChI=1S/C26H24ClN7O.C10H8BrN3O4.C10H9BrN2O2/c1-14-8-23(29)32-15(2)19(14)12-31-26(35)25-24-20(28)4-3-5-22(24)34(33-25)13-16-6-7-21-17(9-16)10-18(27)11-30-21;1-2-18-10(15)8-7-6(12-13-8)4-3-5(11)9(7)14(16)17;1-2-15-10(14)9-7-5-6(11)3-4-8(7)12-13-9/h3-11H,12-13,28H2,1-2H3,(H2,29,32)(H,31,35);3-4H,2H2,1H3,(H,12,13);3-5H,2H2,1H3,(H,12,13). The number of carbonyl (C=O) groups excluding carboxylic acids is 3. The van der Waals surface area contributed by atoms with E-state index in [0.29, 0.717) is 52.8 Å². The lowest BCUT2D eigenvalue weighted by atomic mass is 10.1. The number of aromatic amines is 2. The van der Waals surface area contributed by atoms with Crippen molar-refractivity contribution in [1.29, 1.82) is 0 Å². The van der Waals surface area contributed by atoms with Crippen LogP contribution in [0.2, 0.25) is 5.02 Å². The number of nitro groups is 1. The number of amides is 1. The number of rotatable bonds is 10. The third kappa shape index (κ3) is 10.5. The molecule has 5 aromatic heterocycles. The lowest BCUT2D eigenvalue weighted by molar-refractivity contribution is -0.383. The molecule has 19 nitrogen and oxygen atoms in total. The maximum absolute atomic E-state index is 13.2. The summed E-state index contributed by atoms with van der Waals surface area (Å²) >= 11 is 12.6. The highest BCUT2D eigenvalue weighted by Crippen LogP contribution is 2.35. The molecular formula is C46H41Br2ClN12O7. The van der Waals surface area contributed by atoms with E-state index >= 15 is 0 Å². The van der Waals surface area contributed by atoms with Gasteiger partial charge in [0.15, 0.2) is 17.1 Å². The number of pyridine rings is 2. The van der Waals surface area contributed by atoms with Crippen molar-refractivity contribution in [2.45, 2.75) is 40.8 Å². The third-order valence-corrected chi connectivity index (χ3v) is 11.7. The van der Waals surface area contributed by atoms with Gasteiger partial charge >= 0.3 is 11.9 Å². The summed E-state index contributed by atoms with van der Waals surface area (Å²) in [7, 11) is 0. The number of carbonyl (C=O) groups is 3. The monoisotopic (exact) mass is 1070 g/mol. The number of benzene rings is 4. The molecule has 0 unspecified atom stereocenters. The zero-order valence-electron chi connectivity index (χ0n) is 36.7. The van der Waals surface area contributed by atoms with Gasteiger partial charge in [0.2, 0.25) is 0 Å². The summed E-state index contributed by atoms with van der Waals surface area (Å²) in [6, 6.07) is 23.9. The van der Waals surface area contributed by atoms with Gasteiger partial charge in [-0.15, -0.1) is 0 Å². The highest BCUT2D eigenvalue weighted by molar-refractivity contribution is 9.10. The van der Waals surface area contributed by atoms with Gasteiger partial charge in [0, 0.05) is 39.4 Å². The lowest BCUT2D eigenvalue weighted by Crippen LogP contribution is -2.25. The smallest absolute Gasteiger partial charge is 0.359 e. The lowest BCUT2D eigenvalue weighted by Gasteiger charge is -2.11. The van der Waals surface area contributed by atoms with Crippen LogP contribution in [0.1, 0.15) is 67.7 Å². The molecule has 0 aliphatic heterocycles. The van der Waals surface area contributed by atoms with Crippen LogP contribution in [0.4, 0.5) is 17.2 Å². The fourth-order valence-corrected chi connectivity index (χ4v) is 8.31. The highest BCUT2D eigenvalue weighted by Gasteiger charge is 2.27. The van der Waals surface area contributed by atoms with E-state index in [1.54, 1.807) is 42.9 Å². The van der Waals surface area contributed by atoms with Crippen molar-refractivity contribution in [3.05, 3.63) is 149 Å². The van der Waals surface area contributed by atoms with Crippen LogP contribution >= 0.6 is 43.5 Å². The molecule has 0 saturated carbocycles. The van der Waals surface area contributed by atoms with E-state index < -0.39 is 16.9 Å². The average Bonchev–Trinajstić information content (AvgIpc) is 4.02. The molecule has 5 heterocycles. The van der Waals surface area contributed by atoms with Gasteiger partial charge in [0.05, 0.1) is 61.6 Å². The number of nitrogen functional groups attached to an aromatic ring is 2. The minimum Gasteiger partial charge on any atom is -0.461 e. The number of nitro benzene ring substituents is 1. The molecule has 0 atom stereocenters. The third-order valence-electron chi connectivity index (χ3n) is 10.4. The molecule has 22 heteroatoms. The summed E-state index contributed by atoms with van der Waals surface area (Å²) in [5.41, 5.74) is 19.5. The molecule has 0 radical (unpaired) electrons. The molecule has 348 valence electrons. The Labute approximate surface area is 408 Å². The van der Waals surface area contributed by atoms with Crippen LogP contribution in [0.25, 0.3) is 43.6 Å². The molecule has 0 aliphatic carbocycles. The molecule has 9 rings (SSSR count). The molecule has 0 bridgehead atoms. The number of esters is 2. The zero-order chi connectivity index (χ0) is 48.8. The van der Waals surface area contributed by atoms with Crippen LogP contribution in [-0.4, -0.2) is 76.1 Å². The maximum Gasteiger partial charge on any atom is 0.359 e. The molecule has 0 saturated heterocycles. The first-order chi connectivity index (χ1) is 32.6. The Hall–Kier alpha value is -7.49. The maximum atomic E-state index is 13.2. The van der Waals surface area contributed by atoms with E-state index in [1.165, 1.54) is 6.07 Å². The number of H-pyrrole nitrogens is 2. The largest absolute Gasteiger partial charge is 0.461 e. The number of aromatic nitrogens is 8. The fourth-order valence-electron chi connectivity index (χ4n) is 7.31. The van der Waals surface area contributed by atoms with Gasteiger partial charge in [-0.2, -0.15) is 15.3 Å². The van der Waals surface area contributed by atoms with Crippen LogP contribution in [-0.2, 0) is 22.6 Å². The minimum absolute atomic E-state index is 0.0835. The Morgan fingerprint density at radius 3 is 2.29 bits per heavy atom. The van der Waals surface area contributed by atoms with Crippen LogP contribution < -0.4 is 16.8 Å². The minimum atomic E-state index is -0.690. The van der Waals surface area contributed by atoms with E-state index in [1.807, 2.05) is 68.4 Å². The van der Waals surface area contributed by atoms with E-state index in [0.717, 1.165) is 54.2 Å². The van der Waals surface area contributed by atoms with Crippen molar-refractivity contribution < 1.29 is 28.8 Å². The van der Waals surface area contributed by atoms with Gasteiger partial charge in [0.1, 0.15) is 11.2 Å². The van der Waals surface area contributed by atoms with E-state index in [4.69, 9.17) is 32.5 Å². The molecule has 9 aromatic rings. The zero-order valence-corrected chi connectivity index (χ0v) is 40.6. The SMILES string of the molecule is CCOC(=O)c1n[nH]c2ccc(Br)c([N+](=O)[O-])c12.CCOC(=O)c1n[nH]c2ccc(Br)cc12.Cc1cc(N)nc(C)c1CNC(=O)c1nn(Cc2ccc3ncc(Cl)cc3c2)c2cccc(N)c12. The Morgan fingerprint density at radius 1 is 0.868 bits per heavy atom.